The van der Waals surface area contributed by atoms with E-state index in [2.05, 4.69) is 0 Å². The summed E-state index contributed by atoms with van der Waals surface area (Å²) in [6.07, 6.45) is -0.266. The van der Waals surface area contributed by atoms with Crippen molar-refractivity contribution in [2.24, 2.45) is 0 Å². The molecule has 0 radical (unpaired) electrons. The van der Waals surface area contributed by atoms with Gasteiger partial charge in [0, 0.05) is 28.9 Å². The molecule has 0 N–H and O–H groups in total. The number of hydrogen-bond donors (Lipinski definition) is 0. The van der Waals surface area contributed by atoms with Crippen molar-refractivity contribution >= 4 is 23.2 Å². The van der Waals surface area contributed by atoms with Gasteiger partial charge in [-0.05, 0) is 31.2 Å². The second kappa shape index (κ2) is 6.83. The van der Waals surface area contributed by atoms with Gasteiger partial charge in [0.05, 0.1) is 6.42 Å². The summed E-state index contributed by atoms with van der Waals surface area (Å²) >= 11 is 5.89. The molecule has 0 heterocycles. The SMILES string of the molecule is CCN(C(=O)Cc1c(F)cccc1Cl)c1ccc(F)c(F)c1. The molecule has 0 aromatic heterocycles. The van der Waals surface area contributed by atoms with Crippen LogP contribution in [0.4, 0.5) is 18.9 Å². The predicted molar refractivity (Wildman–Crippen MR) is 79.5 cm³/mol. The molecule has 0 aliphatic carbocycles. The second-order valence-electron chi connectivity index (χ2n) is 4.61. The highest BCUT2D eigenvalue weighted by atomic mass is 35.5. The number of amides is 1. The van der Waals surface area contributed by atoms with Crippen molar-refractivity contribution in [3.05, 3.63) is 64.4 Å². The Kier molecular flexibility index (Phi) is 5.08. The smallest absolute Gasteiger partial charge is 0.231 e. The fraction of sp³-hybridized carbons (Fsp3) is 0.188. The lowest BCUT2D eigenvalue weighted by atomic mass is 10.1. The quantitative estimate of drug-likeness (QED) is 0.817. The fourth-order valence-corrected chi connectivity index (χ4v) is 2.33. The molecule has 0 atom stereocenters. The molecule has 2 nitrogen and oxygen atoms in total. The molecule has 0 aliphatic rings. The normalized spacial score (nSPS) is 10.6. The van der Waals surface area contributed by atoms with Crippen molar-refractivity contribution in [3.8, 4) is 0 Å². The van der Waals surface area contributed by atoms with Crippen LogP contribution in [0, 0.1) is 17.5 Å². The maximum absolute atomic E-state index is 13.7. The lowest BCUT2D eigenvalue weighted by molar-refractivity contribution is -0.118. The molecule has 0 bridgehead atoms. The number of nitrogens with zero attached hydrogens (tertiary/aromatic N) is 1. The van der Waals surface area contributed by atoms with Gasteiger partial charge < -0.3 is 4.90 Å². The van der Waals surface area contributed by atoms with E-state index in [4.69, 9.17) is 11.6 Å². The molecular formula is C16H13ClF3NO. The summed E-state index contributed by atoms with van der Waals surface area (Å²) in [4.78, 5) is 13.6. The van der Waals surface area contributed by atoms with Crippen LogP contribution >= 0.6 is 11.6 Å². The topological polar surface area (TPSA) is 20.3 Å². The summed E-state index contributed by atoms with van der Waals surface area (Å²) in [5.74, 6) is -3.08. The number of hydrogen-bond acceptors (Lipinski definition) is 1. The molecule has 0 unspecified atom stereocenters. The van der Waals surface area contributed by atoms with Crippen LogP contribution in [0.2, 0.25) is 5.02 Å². The molecule has 0 aliphatic heterocycles. The van der Waals surface area contributed by atoms with E-state index in [1.54, 1.807) is 6.92 Å². The lowest BCUT2D eigenvalue weighted by Gasteiger charge is -2.21. The average Bonchev–Trinajstić information content (AvgIpc) is 2.47. The molecule has 1 amide bonds. The molecule has 2 aromatic carbocycles. The molecule has 6 heteroatoms. The van der Waals surface area contributed by atoms with Crippen LogP contribution in [0.25, 0.3) is 0 Å². The molecule has 0 spiro atoms. The summed E-state index contributed by atoms with van der Waals surface area (Å²) in [6, 6.07) is 7.31. The Bertz CT molecular complexity index is 686. The van der Waals surface area contributed by atoms with Crippen molar-refractivity contribution < 1.29 is 18.0 Å². The van der Waals surface area contributed by atoms with Gasteiger partial charge in [-0.25, -0.2) is 13.2 Å². The number of likely N-dealkylation sites (N-methyl/N-ethyl adjacent to an activating group) is 1. The van der Waals surface area contributed by atoms with Crippen molar-refractivity contribution in [2.45, 2.75) is 13.3 Å². The maximum atomic E-state index is 13.7. The zero-order valence-corrected chi connectivity index (χ0v) is 12.5. The second-order valence-corrected chi connectivity index (χ2v) is 5.02. The molecule has 2 aromatic rings. The first-order valence-corrected chi connectivity index (χ1v) is 7.00. The minimum absolute atomic E-state index is 0.0789. The highest BCUT2D eigenvalue weighted by Crippen LogP contribution is 2.23. The van der Waals surface area contributed by atoms with Gasteiger partial charge >= 0.3 is 0 Å². The van der Waals surface area contributed by atoms with Crippen molar-refractivity contribution in [2.75, 3.05) is 11.4 Å². The lowest BCUT2D eigenvalue weighted by Crippen LogP contribution is -2.32. The summed E-state index contributed by atoms with van der Waals surface area (Å²) in [6.45, 7) is 1.91. The van der Waals surface area contributed by atoms with E-state index in [1.165, 1.54) is 29.2 Å². The van der Waals surface area contributed by atoms with Gasteiger partial charge in [-0.2, -0.15) is 0 Å². The molecule has 0 saturated heterocycles. The van der Waals surface area contributed by atoms with E-state index < -0.39 is 23.4 Å². The molecular weight excluding hydrogens is 315 g/mol. The number of anilines is 1. The third-order valence-corrected chi connectivity index (χ3v) is 3.58. The van der Waals surface area contributed by atoms with Crippen LogP contribution in [-0.4, -0.2) is 12.5 Å². The first-order chi connectivity index (χ1) is 10.4. The standard InChI is InChI=1S/C16H13ClF3NO/c1-2-21(10-6-7-14(19)15(20)8-10)16(22)9-11-12(17)4-3-5-13(11)18/h3-8H,2,9H2,1H3. The third kappa shape index (κ3) is 3.42. The van der Waals surface area contributed by atoms with Crippen LogP contribution in [0.5, 0.6) is 0 Å². The van der Waals surface area contributed by atoms with E-state index in [1.807, 2.05) is 0 Å². The predicted octanol–water partition coefficient (Wildman–Crippen LogP) is 4.35. The highest BCUT2D eigenvalue weighted by molar-refractivity contribution is 6.31. The maximum Gasteiger partial charge on any atom is 0.231 e. The van der Waals surface area contributed by atoms with Crippen LogP contribution < -0.4 is 4.90 Å². The zero-order valence-electron chi connectivity index (χ0n) is 11.7. The number of rotatable bonds is 4. The third-order valence-electron chi connectivity index (χ3n) is 3.22. The van der Waals surface area contributed by atoms with Crippen LogP contribution in [0.15, 0.2) is 36.4 Å². The summed E-state index contributed by atoms with van der Waals surface area (Å²) in [5, 5.41) is 0.148. The number of halogens is 4. The van der Waals surface area contributed by atoms with E-state index >= 15 is 0 Å². The van der Waals surface area contributed by atoms with E-state index in [0.717, 1.165) is 12.1 Å². The first kappa shape index (κ1) is 16.4. The number of carbonyl (C=O) groups excluding carboxylic acids is 1. The molecule has 22 heavy (non-hydrogen) atoms. The van der Waals surface area contributed by atoms with E-state index in [0.29, 0.717) is 0 Å². The highest BCUT2D eigenvalue weighted by Gasteiger charge is 2.19. The Morgan fingerprint density at radius 2 is 1.82 bits per heavy atom. The molecule has 0 saturated carbocycles. The van der Waals surface area contributed by atoms with E-state index in [-0.39, 0.29) is 29.2 Å². The Hall–Kier alpha value is -2.01. The van der Waals surface area contributed by atoms with Gasteiger partial charge in [0.25, 0.3) is 0 Å². The van der Waals surface area contributed by atoms with Crippen molar-refractivity contribution in [1.29, 1.82) is 0 Å². The summed E-state index contributed by atoms with van der Waals surface area (Å²) in [5.41, 5.74) is 0.286. The van der Waals surface area contributed by atoms with Crippen LogP contribution in [0.1, 0.15) is 12.5 Å². The summed E-state index contributed by atoms with van der Waals surface area (Å²) in [7, 11) is 0. The Balaban J connectivity index is 2.27. The van der Waals surface area contributed by atoms with Crippen molar-refractivity contribution in [1.82, 2.24) is 0 Å². The van der Waals surface area contributed by atoms with Crippen LogP contribution in [-0.2, 0) is 11.2 Å². The molecule has 2 rings (SSSR count). The summed E-state index contributed by atoms with van der Waals surface area (Å²) < 4.78 is 40.0. The van der Waals surface area contributed by atoms with Crippen molar-refractivity contribution in [3.63, 3.8) is 0 Å². The van der Waals surface area contributed by atoms with Gasteiger partial charge in [-0.1, -0.05) is 17.7 Å². The van der Waals surface area contributed by atoms with Gasteiger partial charge in [0.15, 0.2) is 11.6 Å². The van der Waals surface area contributed by atoms with Gasteiger partial charge in [-0.3, -0.25) is 4.79 Å². The largest absolute Gasteiger partial charge is 0.312 e. The minimum Gasteiger partial charge on any atom is -0.312 e. The molecule has 116 valence electrons. The molecule has 0 fully saturated rings. The van der Waals surface area contributed by atoms with Crippen LogP contribution in [0.3, 0.4) is 0 Å². The Morgan fingerprint density at radius 1 is 1.09 bits per heavy atom. The Labute approximate surface area is 131 Å². The van der Waals surface area contributed by atoms with Gasteiger partial charge in [0.1, 0.15) is 5.82 Å². The van der Waals surface area contributed by atoms with Gasteiger partial charge in [-0.15, -0.1) is 0 Å². The number of carbonyl (C=O) groups is 1. The average molecular weight is 328 g/mol. The monoisotopic (exact) mass is 327 g/mol. The minimum atomic E-state index is -1.05. The fourth-order valence-electron chi connectivity index (χ4n) is 2.10. The van der Waals surface area contributed by atoms with E-state index in [9.17, 15) is 18.0 Å². The first-order valence-electron chi connectivity index (χ1n) is 6.62. The van der Waals surface area contributed by atoms with Gasteiger partial charge in [0.2, 0.25) is 5.91 Å². The number of benzene rings is 2. The zero-order chi connectivity index (χ0) is 16.3. The Morgan fingerprint density at radius 3 is 2.41 bits per heavy atom.